The first-order chi connectivity index (χ1) is 11.0. The second kappa shape index (κ2) is 7.19. The molecule has 2 aromatic carbocycles. The predicted molar refractivity (Wildman–Crippen MR) is 86.9 cm³/mol. The molecule has 7 nitrogen and oxygen atoms in total. The maximum Gasteiger partial charge on any atom is 0.323 e. The molecule has 0 fully saturated rings. The Bertz CT molecular complexity index is 758. The molecular weight excluding hydrogens is 296 g/mol. The third-order valence-corrected chi connectivity index (χ3v) is 3.11. The Kier molecular flexibility index (Phi) is 5.06. The minimum Gasteiger partial charge on any atom is -0.308 e. The number of ketones is 1. The number of rotatable bonds is 4. The van der Waals surface area contributed by atoms with Gasteiger partial charge >= 0.3 is 11.9 Å². The number of carbonyl (C=O) groups is 3. The highest BCUT2D eigenvalue weighted by atomic mass is 16.2. The van der Waals surface area contributed by atoms with Gasteiger partial charge in [-0.3, -0.25) is 15.0 Å². The van der Waals surface area contributed by atoms with Crippen molar-refractivity contribution in [2.24, 2.45) is 5.84 Å². The molecule has 0 saturated heterocycles. The average molecular weight is 312 g/mol. The maximum absolute atomic E-state index is 12.0. The number of Topliss-reactive ketones (excluding diaryl/α,β-unsaturated/α-hetero) is 1. The fourth-order valence-corrected chi connectivity index (χ4v) is 1.93. The normalized spacial score (nSPS) is 9.83. The fourth-order valence-electron chi connectivity index (χ4n) is 1.93. The molecule has 2 rings (SSSR count). The number of nitrogens with one attached hydrogen (secondary N) is 3. The summed E-state index contributed by atoms with van der Waals surface area (Å²) < 4.78 is 0. The van der Waals surface area contributed by atoms with E-state index in [2.05, 4.69) is 10.6 Å². The van der Waals surface area contributed by atoms with E-state index in [1.165, 1.54) is 12.1 Å². The number of anilines is 2. The van der Waals surface area contributed by atoms with Crippen LogP contribution in [0.1, 0.15) is 15.9 Å². The van der Waals surface area contributed by atoms with Crippen LogP contribution >= 0.6 is 0 Å². The van der Waals surface area contributed by atoms with Crippen molar-refractivity contribution < 1.29 is 14.4 Å². The summed E-state index contributed by atoms with van der Waals surface area (Å²) in [5.74, 6) is 3.22. The molecule has 0 aliphatic rings. The monoisotopic (exact) mass is 312 g/mol. The third kappa shape index (κ3) is 4.14. The lowest BCUT2D eigenvalue weighted by Gasteiger charge is -2.10. The average Bonchev–Trinajstić information content (AvgIpc) is 2.55. The molecular formula is C16H16N4O3. The van der Waals surface area contributed by atoms with E-state index in [1.54, 1.807) is 23.6 Å². The number of para-hydroxylation sites is 1. The van der Waals surface area contributed by atoms with Crippen molar-refractivity contribution in [3.05, 3.63) is 59.7 Å². The standard InChI is InChI=1S/C16H16N4O3/c1-10-5-2-3-8-13(10)19-16(23)18-12-7-4-6-11(9-12)14(21)15(22)20-17/h2-9H,17H2,1H3,(H,20,22)(H2,18,19,23). The fraction of sp³-hybridized carbons (Fsp3) is 0.0625. The van der Waals surface area contributed by atoms with E-state index in [4.69, 9.17) is 5.84 Å². The number of amides is 3. The number of urea groups is 1. The van der Waals surface area contributed by atoms with E-state index in [-0.39, 0.29) is 5.56 Å². The topological polar surface area (TPSA) is 113 Å². The van der Waals surface area contributed by atoms with Crippen LogP contribution in [0.2, 0.25) is 0 Å². The molecule has 118 valence electrons. The van der Waals surface area contributed by atoms with Gasteiger partial charge in [-0.1, -0.05) is 30.3 Å². The van der Waals surface area contributed by atoms with Crippen LogP contribution in [-0.4, -0.2) is 17.7 Å². The maximum atomic E-state index is 12.0. The van der Waals surface area contributed by atoms with Gasteiger partial charge in [0, 0.05) is 16.9 Å². The van der Waals surface area contributed by atoms with Gasteiger partial charge in [-0.25, -0.2) is 10.6 Å². The second-order valence-electron chi connectivity index (χ2n) is 4.78. The van der Waals surface area contributed by atoms with Crippen LogP contribution < -0.4 is 21.9 Å². The van der Waals surface area contributed by atoms with Crippen LogP contribution in [0, 0.1) is 6.92 Å². The molecule has 23 heavy (non-hydrogen) atoms. The first kappa shape index (κ1) is 16.2. The number of hydrogen-bond acceptors (Lipinski definition) is 4. The quantitative estimate of drug-likeness (QED) is 0.227. The molecule has 0 heterocycles. The highest BCUT2D eigenvalue weighted by molar-refractivity contribution is 6.42. The minimum atomic E-state index is -0.925. The smallest absolute Gasteiger partial charge is 0.308 e. The van der Waals surface area contributed by atoms with E-state index >= 15 is 0 Å². The molecule has 5 N–H and O–H groups in total. The van der Waals surface area contributed by atoms with Crippen molar-refractivity contribution in [1.82, 2.24) is 5.43 Å². The van der Waals surface area contributed by atoms with E-state index < -0.39 is 17.7 Å². The summed E-state index contributed by atoms with van der Waals surface area (Å²) in [5.41, 5.74) is 3.88. The largest absolute Gasteiger partial charge is 0.323 e. The van der Waals surface area contributed by atoms with Gasteiger partial charge < -0.3 is 10.6 Å². The molecule has 0 aromatic heterocycles. The summed E-state index contributed by atoms with van der Waals surface area (Å²) in [5, 5.41) is 5.31. The van der Waals surface area contributed by atoms with E-state index in [0.717, 1.165) is 5.56 Å². The predicted octanol–water partition coefficient (Wildman–Crippen LogP) is 1.81. The summed E-state index contributed by atoms with van der Waals surface area (Å²) in [4.78, 5) is 35.0. The summed E-state index contributed by atoms with van der Waals surface area (Å²) in [6.07, 6.45) is 0. The zero-order chi connectivity index (χ0) is 16.8. The van der Waals surface area contributed by atoms with Crippen LogP contribution in [0.5, 0.6) is 0 Å². The number of benzene rings is 2. The highest BCUT2D eigenvalue weighted by Gasteiger charge is 2.15. The molecule has 0 aliphatic carbocycles. The first-order valence-corrected chi connectivity index (χ1v) is 6.80. The summed E-state index contributed by atoms with van der Waals surface area (Å²) in [6.45, 7) is 1.88. The Labute approximate surface area is 132 Å². The molecule has 0 spiro atoms. The number of carbonyl (C=O) groups excluding carboxylic acids is 3. The lowest BCUT2D eigenvalue weighted by atomic mass is 10.1. The van der Waals surface area contributed by atoms with Crippen molar-refractivity contribution in [2.75, 3.05) is 10.6 Å². The van der Waals surface area contributed by atoms with Crippen molar-refractivity contribution >= 4 is 29.1 Å². The van der Waals surface area contributed by atoms with Gasteiger partial charge in [0.25, 0.3) is 5.78 Å². The van der Waals surface area contributed by atoms with Crippen LogP contribution in [0.3, 0.4) is 0 Å². The minimum absolute atomic E-state index is 0.127. The number of hydrogen-bond donors (Lipinski definition) is 4. The van der Waals surface area contributed by atoms with Crippen LogP contribution in [-0.2, 0) is 4.79 Å². The highest BCUT2D eigenvalue weighted by Crippen LogP contribution is 2.15. The van der Waals surface area contributed by atoms with Gasteiger partial charge in [0.2, 0.25) is 0 Å². The molecule has 0 saturated carbocycles. The Morgan fingerprint density at radius 2 is 1.70 bits per heavy atom. The van der Waals surface area contributed by atoms with Gasteiger partial charge in [-0.2, -0.15) is 0 Å². The summed E-state index contributed by atoms with van der Waals surface area (Å²) in [6, 6.07) is 12.9. The Balaban J connectivity index is 2.08. The molecule has 7 heteroatoms. The van der Waals surface area contributed by atoms with E-state index in [9.17, 15) is 14.4 Å². The van der Waals surface area contributed by atoms with Crippen molar-refractivity contribution in [1.29, 1.82) is 0 Å². The van der Waals surface area contributed by atoms with Crippen molar-refractivity contribution in [2.45, 2.75) is 6.92 Å². The molecule has 0 bridgehead atoms. The molecule has 0 radical (unpaired) electrons. The van der Waals surface area contributed by atoms with Crippen LogP contribution in [0.4, 0.5) is 16.2 Å². The molecule has 0 unspecified atom stereocenters. The first-order valence-electron chi connectivity index (χ1n) is 6.80. The van der Waals surface area contributed by atoms with Gasteiger partial charge in [0.05, 0.1) is 0 Å². The molecule has 2 aromatic rings. The SMILES string of the molecule is Cc1ccccc1NC(=O)Nc1cccc(C(=O)C(=O)NN)c1. The lowest BCUT2D eigenvalue weighted by Crippen LogP contribution is -2.36. The van der Waals surface area contributed by atoms with Crippen LogP contribution in [0.25, 0.3) is 0 Å². The van der Waals surface area contributed by atoms with Gasteiger partial charge in [0.15, 0.2) is 0 Å². The summed E-state index contributed by atoms with van der Waals surface area (Å²) >= 11 is 0. The number of nitrogens with two attached hydrogens (primary N) is 1. The molecule has 0 aliphatic heterocycles. The second-order valence-corrected chi connectivity index (χ2v) is 4.78. The molecule has 3 amide bonds. The number of aryl methyl sites for hydroxylation is 1. The Morgan fingerprint density at radius 3 is 2.39 bits per heavy atom. The van der Waals surface area contributed by atoms with Gasteiger partial charge in [-0.05, 0) is 30.7 Å². The van der Waals surface area contributed by atoms with Gasteiger partial charge in [-0.15, -0.1) is 0 Å². The van der Waals surface area contributed by atoms with Crippen molar-refractivity contribution in [3.63, 3.8) is 0 Å². The van der Waals surface area contributed by atoms with Crippen LogP contribution in [0.15, 0.2) is 48.5 Å². The Morgan fingerprint density at radius 1 is 0.957 bits per heavy atom. The zero-order valence-electron chi connectivity index (χ0n) is 12.4. The summed E-state index contributed by atoms with van der Waals surface area (Å²) in [7, 11) is 0. The lowest BCUT2D eigenvalue weighted by molar-refractivity contribution is -0.117. The van der Waals surface area contributed by atoms with Crippen molar-refractivity contribution in [3.8, 4) is 0 Å². The molecule has 0 atom stereocenters. The number of hydrazine groups is 1. The third-order valence-electron chi connectivity index (χ3n) is 3.11. The Hall–Kier alpha value is -3.19. The van der Waals surface area contributed by atoms with E-state index in [1.807, 2.05) is 25.1 Å². The zero-order valence-corrected chi connectivity index (χ0v) is 12.4. The van der Waals surface area contributed by atoms with E-state index in [0.29, 0.717) is 11.4 Å². The van der Waals surface area contributed by atoms with Gasteiger partial charge in [0.1, 0.15) is 0 Å².